The van der Waals surface area contributed by atoms with Gasteiger partial charge in [-0.15, -0.1) is 0 Å². The van der Waals surface area contributed by atoms with Gasteiger partial charge in [-0.05, 0) is 24.8 Å². The van der Waals surface area contributed by atoms with Crippen LogP contribution in [0.2, 0.25) is 0 Å². The molecule has 0 heterocycles. The van der Waals surface area contributed by atoms with Crippen molar-refractivity contribution in [2.75, 3.05) is 0 Å². The summed E-state index contributed by atoms with van der Waals surface area (Å²) in [5, 5.41) is -1.09. The Morgan fingerprint density at radius 2 is 1.53 bits per heavy atom. The highest BCUT2D eigenvalue weighted by atomic mass is 31.2. The largest absolute Gasteiger partial charge is 0.364 e. The zero-order valence-electron chi connectivity index (χ0n) is 10.1. The quantitative estimate of drug-likeness (QED) is 0.473. The molecule has 0 radical (unpaired) electrons. The Balaban J connectivity index is 2.64. The van der Waals surface area contributed by atoms with Crippen LogP contribution < -0.4 is 0 Å². The number of rotatable bonds is 6. The molecule has 0 atom stereocenters. The third-order valence-electron chi connectivity index (χ3n) is 2.44. The first-order chi connectivity index (χ1) is 8.71. The lowest BCUT2D eigenvalue weighted by Gasteiger charge is -2.10. The molecule has 1 aromatic rings. The van der Waals surface area contributed by atoms with E-state index >= 15 is 0 Å². The molecular weight excluding hydrogens is 290 g/mol. The van der Waals surface area contributed by atoms with Gasteiger partial charge in [0.25, 0.3) is 0 Å². The average Bonchev–Trinajstić information content (AvgIpc) is 2.26. The molecule has 0 fully saturated rings. The van der Waals surface area contributed by atoms with Crippen molar-refractivity contribution in [2.45, 2.75) is 19.3 Å². The van der Waals surface area contributed by atoms with Crippen molar-refractivity contribution in [3.63, 3.8) is 0 Å². The maximum Gasteiger partial charge on any atom is 0.364 e. The van der Waals surface area contributed by atoms with E-state index in [0.29, 0.717) is 12.8 Å². The normalized spacial score (nSPS) is 12.2. The maximum absolute atomic E-state index is 11.0. The van der Waals surface area contributed by atoms with Crippen molar-refractivity contribution in [3.05, 3.63) is 47.0 Å². The number of benzene rings is 1. The van der Waals surface area contributed by atoms with Crippen LogP contribution in [0.15, 0.2) is 41.5 Å². The fourth-order valence-corrected chi connectivity index (χ4v) is 3.68. The standard InChI is InChI=1S/C11H16O6P2/c12-18(13,14)11(19(15,16)17)9-5-4-8-10-6-2-1-3-7-10/h1-3,6-7,9H,4-5,8H2,(H2,12,13,14)(H2,15,16,17). The topological polar surface area (TPSA) is 115 Å². The lowest BCUT2D eigenvalue weighted by molar-refractivity contribution is 0.367. The molecule has 1 aromatic carbocycles. The van der Waals surface area contributed by atoms with Crippen molar-refractivity contribution >= 4 is 15.2 Å². The van der Waals surface area contributed by atoms with E-state index in [1.807, 2.05) is 30.3 Å². The minimum absolute atomic E-state index is 0.195. The van der Waals surface area contributed by atoms with Crippen LogP contribution >= 0.6 is 15.2 Å². The molecule has 0 unspecified atom stereocenters. The summed E-state index contributed by atoms with van der Waals surface area (Å²) in [4.78, 5) is 35.5. The second kappa shape index (κ2) is 6.62. The van der Waals surface area contributed by atoms with Gasteiger partial charge in [0.2, 0.25) is 0 Å². The lowest BCUT2D eigenvalue weighted by Crippen LogP contribution is -1.90. The molecule has 0 amide bonds. The molecule has 0 spiro atoms. The fourth-order valence-electron chi connectivity index (χ4n) is 1.59. The highest BCUT2D eigenvalue weighted by Crippen LogP contribution is 2.63. The molecule has 0 aromatic heterocycles. The third kappa shape index (κ3) is 5.83. The summed E-state index contributed by atoms with van der Waals surface area (Å²) in [5.41, 5.74) is 1.06. The summed E-state index contributed by atoms with van der Waals surface area (Å²) in [6.07, 6.45) is 2.37. The summed E-state index contributed by atoms with van der Waals surface area (Å²) in [6.45, 7) is 0. The van der Waals surface area contributed by atoms with E-state index in [2.05, 4.69) is 0 Å². The number of allylic oxidation sites excluding steroid dienone is 1. The van der Waals surface area contributed by atoms with Gasteiger partial charge in [0.05, 0.1) is 0 Å². The Bertz CT molecular complexity index is 503. The number of unbranched alkanes of at least 4 members (excludes halogenated alkanes) is 1. The van der Waals surface area contributed by atoms with E-state index in [0.717, 1.165) is 11.6 Å². The van der Waals surface area contributed by atoms with Gasteiger partial charge in [0.1, 0.15) is 5.06 Å². The highest BCUT2D eigenvalue weighted by Gasteiger charge is 2.35. The van der Waals surface area contributed by atoms with Gasteiger partial charge in [0.15, 0.2) is 0 Å². The van der Waals surface area contributed by atoms with Crippen LogP contribution in [0.1, 0.15) is 18.4 Å². The molecule has 0 aliphatic heterocycles. The summed E-state index contributed by atoms with van der Waals surface area (Å²) in [5.74, 6) is 0. The van der Waals surface area contributed by atoms with E-state index in [9.17, 15) is 9.13 Å². The summed E-state index contributed by atoms with van der Waals surface area (Å²) >= 11 is 0. The smallest absolute Gasteiger partial charge is 0.321 e. The van der Waals surface area contributed by atoms with Gasteiger partial charge in [-0.2, -0.15) is 0 Å². The van der Waals surface area contributed by atoms with Gasteiger partial charge in [0, 0.05) is 0 Å². The fraction of sp³-hybridized carbons (Fsp3) is 0.273. The first kappa shape index (κ1) is 16.3. The number of aryl methyl sites for hydroxylation is 1. The molecule has 0 aliphatic rings. The second-order valence-corrected chi connectivity index (χ2v) is 7.52. The SMILES string of the molecule is O=P(O)(O)C(=CCCCc1ccccc1)P(=O)(O)O. The minimum atomic E-state index is -4.91. The molecule has 1 rings (SSSR count). The zero-order valence-corrected chi connectivity index (χ0v) is 11.9. The Labute approximate surface area is 111 Å². The zero-order chi connectivity index (χ0) is 14.5. The molecule has 0 saturated carbocycles. The van der Waals surface area contributed by atoms with Crippen LogP contribution in [0.4, 0.5) is 0 Å². The van der Waals surface area contributed by atoms with Crippen molar-refractivity contribution in [2.24, 2.45) is 0 Å². The van der Waals surface area contributed by atoms with Crippen molar-refractivity contribution < 1.29 is 28.7 Å². The van der Waals surface area contributed by atoms with E-state index < -0.39 is 20.2 Å². The summed E-state index contributed by atoms with van der Waals surface area (Å²) in [7, 11) is -9.82. The Kier molecular flexibility index (Phi) is 5.68. The molecule has 8 heteroatoms. The van der Waals surface area contributed by atoms with E-state index in [-0.39, 0.29) is 6.42 Å². The van der Waals surface area contributed by atoms with Gasteiger partial charge in [-0.25, -0.2) is 0 Å². The van der Waals surface area contributed by atoms with Crippen LogP contribution in [0, 0.1) is 0 Å². The lowest BCUT2D eigenvalue weighted by atomic mass is 10.1. The molecule has 6 nitrogen and oxygen atoms in total. The predicted molar refractivity (Wildman–Crippen MR) is 71.6 cm³/mol. The van der Waals surface area contributed by atoms with Crippen molar-refractivity contribution in [1.29, 1.82) is 0 Å². The van der Waals surface area contributed by atoms with Crippen molar-refractivity contribution in [1.82, 2.24) is 0 Å². The Morgan fingerprint density at radius 3 is 2.00 bits per heavy atom. The minimum Gasteiger partial charge on any atom is -0.321 e. The van der Waals surface area contributed by atoms with Crippen LogP contribution in [0.25, 0.3) is 0 Å². The first-order valence-corrected chi connectivity index (χ1v) is 8.80. The van der Waals surface area contributed by atoms with E-state index in [4.69, 9.17) is 19.6 Å². The predicted octanol–water partition coefficient (Wildman–Crippen LogP) is 2.21. The molecule has 0 aliphatic carbocycles. The monoisotopic (exact) mass is 306 g/mol. The average molecular weight is 306 g/mol. The van der Waals surface area contributed by atoms with Crippen LogP contribution in [-0.2, 0) is 15.6 Å². The second-order valence-electron chi connectivity index (χ2n) is 4.03. The van der Waals surface area contributed by atoms with Gasteiger partial charge >= 0.3 is 15.2 Å². The Morgan fingerprint density at radius 1 is 1.00 bits per heavy atom. The number of hydrogen-bond acceptors (Lipinski definition) is 2. The van der Waals surface area contributed by atoms with E-state index in [1.165, 1.54) is 0 Å². The van der Waals surface area contributed by atoms with Gasteiger partial charge in [-0.3, -0.25) is 9.13 Å². The molecule has 4 N–H and O–H groups in total. The first-order valence-electron chi connectivity index (χ1n) is 5.57. The molecular formula is C11H16O6P2. The summed E-state index contributed by atoms with van der Waals surface area (Å²) in [6, 6.07) is 9.46. The molecule has 19 heavy (non-hydrogen) atoms. The number of hydrogen-bond donors (Lipinski definition) is 4. The van der Waals surface area contributed by atoms with Gasteiger partial charge < -0.3 is 19.6 Å². The highest BCUT2D eigenvalue weighted by molar-refractivity contribution is 7.77. The molecule has 0 bridgehead atoms. The van der Waals surface area contributed by atoms with E-state index in [1.54, 1.807) is 0 Å². The molecule has 0 saturated heterocycles. The Hall–Kier alpha value is -0.740. The third-order valence-corrected chi connectivity index (χ3v) is 5.56. The van der Waals surface area contributed by atoms with Crippen LogP contribution in [-0.4, -0.2) is 19.6 Å². The van der Waals surface area contributed by atoms with Crippen molar-refractivity contribution in [3.8, 4) is 0 Å². The maximum atomic E-state index is 11.0. The van der Waals surface area contributed by atoms with Crippen LogP contribution in [0.3, 0.4) is 0 Å². The summed E-state index contributed by atoms with van der Waals surface area (Å²) < 4.78 is 22.0. The molecule has 106 valence electrons. The van der Waals surface area contributed by atoms with Crippen LogP contribution in [0.5, 0.6) is 0 Å². The van der Waals surface area contributed by atoms with Gasteiger partial charge in [-0.1, -0.05) is 36.4 Å².